The Bertz CT molecular complexity index is 905. The molecule has 0 amide bonds. The van der Waals surface area contributed by atoms with Crippen LogP contribution in [0.3, 0.4) is 0 Å². The summed E-state index contributed by atoms with van der Waals surface area (Å²) >= 11 is 0. The molecule has 0 aliphatic carbocycles. The van der Waals surface area contributed by atoms with E-state index in [1.807, 2.05) is 36.4 Å². The number of para-hydroxylation sites is 1. The molecule has 138 valence electrons. The smallest absolute Gasteiger partial charge is 0.229 e. The minimum Gasteiger partial charge on any atom is -0.356 e. The highest BCUT2D eigenvalue weighted by Gasteiger charge is 2.19. The molecule has 0 unspecified atom stereocenters. The number of benzene rings is 2. The molecule has 1 aliphatic heterocycles. The number of hydrogen-bond acceptors (Lipinski definition) is 4. The van der Waals surface area contributed by atoms with Gasteiger partial charge in [0.25, 0.3) is 0 Å². The molecule has 4 rings (SSSR count). The van der Waals surface area contributed by atoms with Crippen LogP contribution >= 0.6 is 0 Å². The number of anilines is 3. The molecule has 0 radical (unpaired) electrons. The minimum atomic E-state index is -0.320. The van der Waals surface area contributed by atoms with E-state index in [2.05, 4.69) is 27.1 Å². The monoisotopic (exact) mass is 362 g/mol. The Morgan fingerprint density at radius 2 is 1.67 bits per heavy atom. The van der Waals surface area contributed by atoms with E-state index in [0.29, 0.717) is 11.6 Å². The lowest BCUT2D eigenvalue weighted by Crippen LogP contribution is -2.33. The third-order valence-electron chi connectivity index (χ3n) is 5.01. The zero-order valence-electron chi connectivity index (χ0n) is 15.4. The molecule has 2 aromatic carbocycles. The Morgan fingerprint density at radius 3 is 2.41 bits per heavy atom. The summed E-state index contributed by atoms with van der Waals surface area (Å²) < 4.78 is 14.1. The molecule has 5 heteroatoms. The summed E-state index contributed by atoms with van der Waals surface area (Å²) in [7, 11) is 0. The van der Waals surface area contributed by atoms with E-state index < -0.39 is 0 Å². The molecule has 0 atom stereocenters. The van der Waals surface area contributed by atoms with Crippen molar-refractivity contribution in [3.05, 3.63) is 66.5 Å². The summed E-state index contributed by atoms with van der Waals surface area (Å²) in [6.07, 6.45) is 2.31. The van der Waals surface area contributed by atoms with Gasteiger partial charge in [-0.05, 0) is 30.9 Å². The van der Waals surface area contributed by atoms with Crippen molar-refractivity contribution < 1.29 is 4.39 Å². The summed E-state index contributed by atoms with van der Waals surface area (Å²) in [5, 5.41) is 3.05. The quantitative estimate of drug-likeness (QED) is 0.687. The van der Waals surface area contributed by atoms with Gasteiger partial charge in [-0.2, -0.15) is 4.98 Å². The SMILES string of the molecule is CC1CCN(c2cc(-c3ccccc3)nc(Nc3ccccc3F)n2)CC1. The summed E-state index contributed by atoms with van der Waals surface area (Å²) in [4.78, 5) is 11.6. The lowest BCUT2D eigenvalue weighted by atomic mass is 9.99. The maximum absolute atomic E-state index is 14.1. The number of nitrogens with zero attached hydrogens (tertiary/aromatic N) is 3. The van der Waals surface area contributed by atoms with Crippen LogP contribution in [-0.2, 0) is 0 Å². The van der Waals surface area contributed by atoms with Crippen molar-refractivity contribution in [2.75, 3.05) is 23.3 Å². The molecule has 1 N–H and O–H groups in total. The fourth-order valence-corrected chi connectivity index (χ4v) is 3.33. The van der Waals surface area contributed by atoms with Gasteiger partial charge in [-0.25, -0.2) is 9.37 Å². The van der Waals surface area contributed by atoms with Crippen LogP contribution in [0.15, 0.2) is 60.7 Å². The molecule has 3 aromatic rings. The van der Waals surface area contributed by atoms with Gasteiger partial charge in [-0.3, -0.25) is 0 Å². The van der Waals surface area contributed by atoms with Crippen LogP contribution in [0.2, 0.25) is 0 Å². The number of aromatic nitrogens is 2. The van der Waals surface area contributed by atoms with E-state index in [1.165, 1.54) is 6.07 Å². The lowest BCUT2D eigenvalue weighted by molar-refractivity contribution is 0.436. The van der Waals surface area contributed by atoms with Crippen molar-refractivity contribution in [2.24, 2.45) is 5.92 Å². The molecule has 0 saturated carbocycles. The molecule has 1 saturated heterocycles. The van der Waals surface area contributed by atoms with Gasteiger partial charge >= 0.3 is 0 Å². The summed E-state index contributed by atoms with van der Waals surface area (Å²) in [5.74, 6) is 1.72. The largest absolute Gasteiger partial charge is 0.356 e. The lowest BCUT2D eigenvalue weighted by Gasteiger charge is -2.31. The van der Waals surface area contributed by atoms with Crippen molar-refractivity contribution >= 4 is 17.5 Å². The molecule has 1 fully saturated rings. The maximum Gasteiger partial charge on any atom is 0.229 e. The zero-order chi connectivity index (χ0) is 18.6. The van der Waals surface area contributed by atoms with Crippen LogP contribution in [0.25, 0.3) is 11.3 Å². The first-order valence-corrected chi connectivity index (χ1v) is 9.40. The Hall–Kier alpha value is -2.95. The van der Waals surface area contributed by atoms with Crippen molar-refractivity contribution in [1.29, 1.82) is 0 Å². The first-order valence-electron chi connectivity index (χ1n) is 9.40. The van der Waals surface area contributed by atoms with Crippen molar-refractivity contribution in [2.45, 2.75) is 19.8 Å². The second kappa shape index (κ2) is 7.74. The number of hydrogen-bond donors (Lipinski definition) is 1. The molecular weight excluding hydrogens is 339 g/mol. The van der Waals surface area contributed by atoms with Gasteiger partial charge in [0.05, 0.1) is 11.4 Å². The molecule has 1 aliphatic rings. The molecule has 0 spiro atoms. The fraction of sp³-hybridized carbons (Fsp3) is 0.273. The van der Waals surface area contributed by atoms with E-state index >= 15 is 0 Å². The minimum absolute atomic E-state index is 0.320. The third-order valence-corrected chi connectivity index (χ3v) is 5.01. The normalized spacial score (nSPS) is 15.0. The number of piperidine rings is 1. The van der Waals surface area contributed by atoms with Crippen LogP contribution in [0.1, 0.15) is 19.8 Å². The molecule has 1 aromatic heterocycles. The van der Waals surface area contributed by atoms with E-state index in [4.69, 9.17) is 0 Å². The Kier molecular flexibility index (Phi) is 5.01. The van der Waals surface area contributed by atoms with E-state index in [9.17, 15) is 4.39 Å². The topological polar surface area (TPSA) is 41.1 Å². The van der Waals surface area contributed by atoms with Crippen LogP contribution in [0, 0.1) is 11.7 Å². The van der Waals surface area contributed by atoms with Gasteiger partial charge in [0.1, 0.15) is 11.6 Å². The van der Waals surface area contributed by atoms with Gasteiger partial charge in [0.2, 0.25) is 5.95 Å². The fourth-order valence-electron chi connectivity index (χ4n) is 3.33. The summed E-state index contributed by atoms with van der Waals surface area (Å²) in [5.41, 5.74) is 2.22. The summed E-state index contributed by atoms with van der Waals surface area (Å²) in [6.45, 7) is 4.25. The highest BCUT2D eigenvalue weighted by atomic mass is 19.1. The second-order valence-electron chi connectivity index (χ2n) is 7.08. The van der Waals surface area contributed by atoms with E-state index in [1.54, 1.807) is 18.2 Å². The van der Waals surface area contributed by atoms with Crippen molar-refractivity contribution in [3.63, 3.8) is 0 Å². The standard InChI is InChI=1S/C22H23FN4/c1-16-11-13-27(14-12-16)21-15-20(17-7-3-2-4-8-17)25-22(26-21)24-19-10-6-5-9-18(19)23/h2-10,15-16H,11-14H2,1H3,(H,24,25,26). The van der Waals surface area contributed by atoms with Gasteiger partial charge in [-0.15, -0.1) is 0 Å². The summed E-state index contributed by atoms with van der Waals surface area (Å²) in [6, 6.07) is 18.6. The molecule has 27 heavy (non-hydrogen) atoms. The number of halogens is 1. The third kappa shape index (κ3) is 4.08. The average Bonchev–Trinajstić information content (AvgIpc) is 2.71. The number of rotatable bonds is 4. The predicted molar refractivity (Wildman–Crippen MR) is 108 cm³/mol. The van der Waals surface area contributed by atoms with Gasteiger partial charge in [0, 0.05) is 24.7 Å². The Labute approximate surface area is 159 Å². The predicted octanol–water partition coefficient (Wildman–Crippen LogP) is 5.26. The molecular formula is C22H23FN4. The van der Waals surface area contributed by atoms with Crippen LogP contribution in [0.4, 0.5) is 21.8 Å². The highest BCUT2D eigenvalue weighted by molar-refractivity contribution is 5.66. The second-order valence-corrected chi connectivity index (χ2v) is 7.08. The zero-order valence-corrected chi connectivity index (χ0v) is 15.4. The van der Waals surface area contributed by atoms with E-state index in [-0.39, 0.29) is 5.82 Å². The molecule has 4 nitrogen and oxygen atoms in total. The van der Waals surface area contributed by atoms with E-state index in [0.717, 1.165) is 48.9 Å². The number of nitrogens with one attached hydrogen (secondary N) is 1. The van der Waals surface area contributed by atoms with Crippen molar-refractivity contribution in [1.82, 2.24) is 9.97 Å². The molecule has 0 bridgehead atoms. The Morgan fingerprint density at radius 1 is 0.963 bits per heavy atom. The Balaban J connectivity index is 1.71. The van der Waals surface area contributed by atoms with Crippen LogP contribution in [0.5, 0.6) is 0 Å². The maximum atomic E-state index is 14.1. The van der Waals surface area contributed by atoms with Gasteiger partial charge < -0.3 is 10.2 Å². The van der Waals surface area contributed by atoms with Crippen molar-refractivity contribution in [3.8, 4) is 11.3 Å². The first-order chi connectivity index (χ1) is 13.2. The van der Waals surface area contributed by atoms with Gasteiger partial charge in [-0.1, -0.05) is 49.4 Å². The highest BCUT2D eigenvalue weighted by Crippen LogP contribution is 2.28. The van der Waals surface area contributed by atoms with Crippen LogP contribution in [-0.4, -0.2) is 23.1 Å². The van der Waals surface area contributed by atoms with Crippen LogP contribution < -0.4 is 10.2 Å². The molecule has 2 heterocycles. The van der Waals surface area contributed by atoms with Gasteiger partial charge in [0.15, 0.2) is 0 Å². The average molecular weight is 362 g/mol. The first kappa shape index (κ1) is 17.5.